The molecule has 21 heavy (non-hydrogen) atoms. The average molecular weight is 363 g/mol. The van der Waals surface area contributed by atoms with Crippen molar-refractivity contribution >= 4 is 33.6 Å². The van der Waals surface area contributed by atoms with Gasteiger partial charge in [0.05, 0.1) is 11.6 Å². The topological polar surface area (TPSA) is 78.4 Å². The fourth-order valence-electron chi connectivity index (χ4n) is 2.41. The fourth-order valence-corrected chi connectivity index (χ4v) is 2.92. The van der Waals surface area contributed by atoms with Gasteiger partial charge in [-0.05, 0) is 34.8 Å². The minimum atomic E-state index is -0.966. The van der Waals surface area contributed by atoms with Crippen LogP contribution in [0, 0.1) is 17.6 Å². The van der Waals surface area contributed by atoms with Crippen LogP contribution in [0.15, 0.2) is 16.6 Å². The van der Waals surface area contributed by atoms with E-state index in [1.807, 2.05) is 0 Å². The van der Waals surface area contributed by atoms with Crippen molar-refractivity contribution in [3.05, 3.63) is 28.2 Å². The first-order valence-corrected chi connectivity index (χ1v) is 7.12. The van der Waals surface area contributed by atoms with Crippen LogP contribution in [0.25, 0.3) is 0 Å². The number of carbonyl (C=O) groups excluding carboxylic acids is 1. The van der Waals surface area contributed by atoms with Gasteiger partial charge >= 0.3 is 12.0 Å². The van der Waals surface area contributed by atoms with E-state index in [1.54, 1.807) is 0 Å². The molecule has 0 saturated heterocycles. The van der Waals surface area contributed by atoms with E-state index in [4.69, 9.17) is 5.11 Å². The molecule has 0 spiro atoms. The lowest BCUT2D eigenvalue weighted by Crippen LogP contribution is -2.42. The van der Waals surface area contributed by atoms with E-state index in [9.17, 15) is 18.4 Å². The van der Waals surface area contributed by atoms with Crippen molar-refractivity contribution in [3.63, 3.8) is 0 Å². The number of amides is 2. The first-order chi connectivity index (χ1) is 9.88. The molecule has 0 radical (unpaired) electrons. The molecule has 1 fully saturated rings. The van der Waals surface area contributed by atoms with E-state index in [0.717, 1.165) is 6.07 Å². The highest BCUT2D eigenvalue weighted by atomic mass is 79.9. The molecule has 0 aromatic heterocycles. The van der Waals surface area contributed by atoms with Gasteiger partial charge in [0.25, 0.3) is 0 Å². The summed E-state index contributed by atoms with van der Waals surface area (Å²) in [6.45, 7) is 0. The van der Waals surface area contributed by atoms with Crippen LogP contribution in [-0.2, 0) is 4.79 Å². The molecule has 1 aromatic rings. The van der Waals surface area contributed by atoms with Gasteiger partial charge in [0.1, 0.15) is 5.82 Å². The standard InChI is InChI=1S/C13H13BrF2N2O3/c14-8-4-6(15)5-9(16)11(8)18-13(21)17-10-3-1-2-7(10)12(19)20/h4-5,7,10H,1-3H2,(H,19,20)(H2,17,18,21). The third kappa shape index (κ3) is 3.69. The summed E-state index contributed by atoms with van der Waals surface area (Å²) in [5.41, 5.74) is -0.196. The lowest BCUT2D eigenvalue weighted by atomic mass is 10.0. The maximum Gasteiger partial charge on any atom is 0.319 e. The zero-order chi connectivity index (χ0) is 15.6. The molecule has 2 amide bonds. The Balaban J connectivity index is 2.04. The maximum atomic E-state index is 13.6. The Labute approximate surface area is 127 Å². The van der Waals surface area contributed by atoms with Crippen molar-refractivity contribution in [1.29, 1.82) is 0 Å². The highest BCUT2D eigenvalue weighted by Gasteiger charge is 2.34. The molecular formula is C13H13BrF2N2O3. The minimum absolute atomic E-state index is 0.0661. The number of carbonyl (C=O) groups is 2. The van der Waals surface area contributed by atoms with Gasteiger partial charge in [0, 0.05) is 16.6 Å². The molecule has 0 heterocycles. The van der Waals surface area contributed by atoms with E-state index >= 15 is 0 Å². The Bertz CT molecular complexity index is 560. The third-order valence-corrected chi connectivity index (χ3v) is 4.02. The van der Waals surface area contributed by atoms with Crippen molar-refractivity contribution < 1.29 is 23.5 Å². The van der Waals surface area contributed by atoms with Crippen molar-refractivity contribution in [2.75, 3.05) is 5.32 Å². The van der Waals surface area contributed by atoms with Gasteiger partial charge < -0.3 is 15.7 Å². The summed E-state index contributed by atoms with van der Waals surface area (Å²) in [4.78, 5) is 22.8. The Kier molecular flexibility index (Phi) is 4.76. The summed E-state index contributed by atoms with van der Waals surface area (Å²) >= 11 is 2.96. The van der Waals surface area contributed by atoms with Crippen LogP contribution in [0.5, 0.6) is 0 Å². The fraction of sp³-hybridized carbons (Fsp3) is 0.385. The maximum absolute atomic E-state index is 13.6. The SMILES string of the molecule is O=C(Nc1c(F)cc(F)cc1Br)NC1CCCC1C(=O)O. The summed E-state index contributed by atoms with van der Waals surface area (Å²) in [5.74, 6) is -3.30. The average Bonchev–Trinajstić information content (AvgIpc) is 2.82. The summed E-state index contributed by atoms with van der Waals surface area (Å²) < 4.78 is 26.6. The number of carboxylic acid groups (broad SMARTS) is 1. The third-order valence-electron chi connectivity index (χ3n) is 3.40. The predicted octanol–water partition coefficient (Wildman–Crippen LogP) is 3.10. The van der Waals surface area contributed by atoms with Crippen molar-refractivity contribution in [2.24, 2.45) is 5.92 Å². The summed E-state index contributed by atoms with van der Waals surface area (Å²) in [7, 11) is 0. The van der Waals surface area contributed by atoms with Crippen LogP contribution < -0.4 is 10.6 Å². The lowest BCUT2D eigenvalue weighted by molar-refractivity contribution is -0.142. The number of hydrogen-bond donors (Lipinski definition) is 3. The first-order valence-electron chi connectivity index (χ1n) is 6.33. The monoisotopic (exact) mass is 362 g/mol. The largest absolute Gasteiger partial charge is 0.481 e. The number of anilines is 1. The van der Waals surface area contributed by atoms with Gasteiger partial charge in [-0.15, -0.1) is 0 Å². The number of urea groups is 1. The Morgan fingerprint density at radius 3 is 2.62 bits per heavy atom. The molecule has 3 N–H and O–H groups in total. The molecule has 1 aliphatic rings. The van der Waals surface area contributed by atoms with Gasteiger partial charge in [-0.1, -0.05) is 6.42 Å². The summed E-state index contributed by atoms with van der Waals surface area (Å²) in [6.07, 6.45) is 1.75. The number of hydrogen-bond acceptors (Lipinski definition) is 2. The summed E-state index contributed by atoms with van der Waals surface area (Å²) in [5, 5.41) is 13.8. The smallest absolute Gasteiger partial charge is 0.319 e. The predicted molar refractivity (Wildman–Crippen MR) is 75.0 cm³/mol. The number of rotatable bonds is 3. The molecule has 1 saturated carbocycles. The van der Waals surface area contributed by atoms with Crippen LogP contribution in [-0.4, -0.2) is 23.1 Å². The molecule has 114 valence electrons. The van der Waals surface area contributed by atoms with Crippen LogP contribution in [0.3, 0.4) is 0 Å². The minimum Gasteiger partial charge on any atom is -0.481 e. The Morgan fingerprint density at radius 1 is 1.29 bits per heavy atom. The molecule has 8 heteroatoms. The second-order valence-electron chi connectivity index (χ2n) is 4.83. The van der Waals surface area contributed by atoms with Gasteiger partial charge in [0.2, 0.25) is 0 Å². The van der Waals surface area contributed by atoms with Gasteiger partial charge in [-0.25, -0.2) is 13.6 Å². The van der Waals surface area contributed by atoms with Gasteiger partial charge in [-0.2, -0.15) is 0 Å². The van der Waals surface area contributed by atoms with Crippen LogP contribution in [0.2, 0.25) is 0 Å². The number of halogens is 3. The van der Waals surface area contributed by atoms with E-state index in [1.165, 1.54) is 0 Å². The second-order valence-corrected chi connectivity index (χ2v) is 5.68. The van der Waals surface area contributed by atoms with Crippen molar-refractivity contribution in [1.82, 2.24) is 5.32 Å². The zero-order valence-electron chi connectivity index (χ0n) is 10.8. The van der Waals surface area contributed by atoms with Gasteiger partial charge in [0.15, 0.2) is 5.82 Å². The van der Waals surface area contributed by atoms with Crippen LogP contribution in [0.1, 0.15) is 19.3 Å². The quantitative estimate of drug-likeness (QED) is 0.772. The molecular weight excluding hydrogens is 350 g/mol. The molecule has 1 aromatic carbocycles. The summed E-state index contributed by atoms with van der Waals surface area (Å²) in [6, 6.07) is 0.453. The Hall–Kier alpha value is -1.70. The normalized spacial score (nSPS) is 21.1. The van der Waals surface area contributed by atoms with E-state index in [2.05, 4.69) is 26.6 Å². The molecule has 2 rings (SSSR count). The number of benzene rings is 1. The van der Waals surface area contributed by atoms with Crippen LogP contribution >= 0.6 is 15.9 Å². The molecule has 0 bridgehead atoms. The second kappa shape index (κ2) is 6.38. The van der Waals surface area contributed by atoms with E-state index < -0.39 is 35.6 Å². The number of carboxylic acids is 1. The van der Waals surface area contributed by atoms with Gasteiger partial charge in [-0.3, -0.25) is 4.79 Å². The molecule has 0 aliphatic heterocycles. The highest BCUT2D eigenvalue weighted by Crippen LogP contribution is 2.28. The molecule has 5 nitrogen and oxygen atoms in total. The van der Waals surface area contributed by atoms with E-state index in [0.29, 0.717) is 25.3 Å². The molecule has 2 atom stereocenters. The van der Waals surface area contributed by atoms with Crippen molar-refractivity contribution in [3.8, 4) is 0 Å². The Morgan fingerprint density at radius 2 is 2.00 bits per heavy atom. The first kappa shape index (κ1) is 15.7. The number of aliphatic carboxylic acids is 1. The molecule has 1 aliphatic carbocycles. The lowest BCUT2D eigenvalue weighted by Gasteiger charge is -2.18. The molecule has 2 unspecified atom stereocenters. The number of nitrogens with one attached hydrogen (secondary N) is 2. The van der Waals surface area contributed by atoms with E-state index in [-0.39, 0.29) is 10.2 Å². The highest BCUT2D eigenvalue weighted by molar-refractivity contribution is 9.10. The van der Waals surface area contributed by atoms with Crippen LogP contribution in [0.4, 0.5) is 19.3 Å². The van der Waals surface area contributed by atoms with Crippen molar-refractivity contribution in [2.45, 2.75) is 25.3 Å². The zero-order valence-corrected chi connectivity index (χ0v) is 12.4.